The van der Waals surface area contributed by atoms with E-state index in [1.165, 1.54) is 12.1 Å². The van der Waals surface area contributed by atoms with Gasteiger partial charge in [-0.3, -0.25) is 14.9 Å². The minimum atomic E-state index is -0.588. The van der Waals surface area contributed by atoms with E-state index in [2.05, 4.69) is 10.3 Å². The highest BCUT2D eigenvalue weighted by Crippen LogP contribution is 2.31. The van der Waals surface area contributed by atoms with Gasteiger partial charge < -0.3 is 9.73 Å². The number of halogens is 2. The monoisotopic (exact) mass is 441 g/mol. The fraction of sp³-hybridized carbons (Fsp3) is 0.0476. The number of anilines is 1. The molecule has 1 amide bonds. The van der Waals surface area contributed by atoms with Crippen LogP contribution in [-0.2, 0) is 0 Å². The third-order valence-electron chi connectivity index (χ3n) is 4.41. The van der Waals surface area contributed by atoms with E-state index in [1.807, 2.05) is 25.1 Å². The first-order valence-electron chi connectivity index (χ1n) is 8.74. The highest BCUT2D eigenvalue weighted by Gasteiger charge is 2.17. The van der Waals surface area contributed by atoms with E-state index in [0.717, 1.165) is 17.1 Å². The fourth-order valence-corrected chi connectivity index (χ4v) is 3.33. The molecule has 9 heteroatoms. The second-order valence-electron chi connectivity index (χ2n) is 6.56. The summed E-state index contributed by atoms with van der Waals surface area (Å²) in [5.41, 5.74) is 3.26. The number of carbonyl (C=O) groups is 1. The van der Waals surface area contributed by atoms with Crippen molar-refractivity contribution in [2.24, 2.45) is 0 Å². The van der Waals surface area contributed by atoms with Gasteiger partial charge in [0.2, 0.25) is 5.89 Å². The van der Waals surface area contributed by atoms with Crippen molar-refractivity contribution in [2.75, 3.05) is 5.32 Å². The molecule has 0 unspecified atom stereocenters. The van der Waals surface area contributed by atoms with Crippen LogP contribution in [0.15, 0.2) is 59.0 Å². The zero-order valence-electron chi connectivity index (χ0n) is 15.5. The second-order valence-corrected chi connectivity index (χ2v) is 7.37. The molecule has 1 heterocycles. The number of carbonyl (C=O) groups excluding carboxylic acids is 1. The second kappa shape index (κ2) is 7.78. The van der Waals surface area contributed by atoms with Gasteiger partial charge in [-0.05, 0) is 48.9 Å². The molecule has 0 bridgehead atoms. The number of nitrogens with one attached hydrogen (secondary N) is 1. The molecule has 0 atom stereocenters. The van der Waals surface area contributed by atoms with E-state index in [-0.39, 0.29) is 16.3 Å². The number of nitrogens with zero attached hydrogens (tertiary/aromatic N) is 2. The number of fused-ring (bicyclic) bond motifs is 1. The maximum Gasteiger partial charge on any atom is 0.270 e. The number of aryl methyl sites for hydroxylation is 1. The van der Waals surface area contributed by atoms with Gasteiger partial charge in [0.15, 0.2) is 5.58 Å². The van der Waals surface area contributed by atoms with Gasteiger partial charge in [0.1, 0.15) is 5.52 Å². The highest BCUT2D eigenvalue weighted by molar-refractivity contribution is 6.36. The summed E-state index contributed by atoms with van der Waals surface area (Å²) in [7, 11) is 0. The SMILES string of the molecule is Cc1ccc2oc(-c3ccc(Cl)c(NC(=O)c4ccc([N+](=O)[O-])cc4Cl)c3)nc2c1. The van der Waals surface area contributed by atoms with Crippen LogP contribution in [0.1, 0.15) is 15.9 Å². The number of rotatable bonds is 4. The largest absolute Gasteiger partial charge is 0.436 e. The van der Waals surface area contributed by atoms with E-state index in [1.54, 1.807) is 18.2 Å². The Morgan fingerprint density at radius 1 is 1.07 bits per heavy atom. The maximum atomic E-state index is 12.6. The Hall–Kier alpha value is -3.42. The maximum absolute atomic E-state index is 12.6. The smallest absolute Gasteiger partial charge is 0.270 e. The molecule has 0 saturated heterocycles. The van der Waals surface area contributed by atoms with Crippen LogP contribution in [0.3, 0.4) is 0 Å². The summed E-state index contributed by atoms with van der Waals surface area (Å²) in [4.78, 5) is 27.4. The molecule has 4 rings (SSSR count). The average molecular weight is 442 g/mol. The molecular formula is C21H13Cl2N3O4. The van der Waals surface area contributed by atoms with Gasteiger partial charge in [-0.1, -0.05) is 29.3 Å². The summed E-state index contributed by atoms with van der Waals surface area (Å²) < 4.78 is 5.80. The quantitative estimate of drug-likeness (QED) is 0.297. The molecule has 1 aromatic heterocycles. The van der Waals surface area contributed by atoms with Gasteiger partial charge in [-0.15, -0.1) is 0 Å². The number of benzene rings is 3. The first-order valence-corrected chi connectivity index (χ1v) is 9.50. The van der Waals surface area contributed by atoms with Crippen molar-refractivity contribution in [3.63, 3.8) is 0 Å². The molecule has 0 aliphatic heterocycles. The summed E-state index contributed by atoms with van der Waals surface area (Å²) >= 11 is 12.3. The highest BCUT2D eigenvalue weighted by atomic mass is 35.5. The molecule has 0 aliphatic carbocycles. The Balaban J connectivity index is 1.65. The van der Waals surface area contributed by atoms with Crippen LogP contribution < -0.4 is 5.32 Å². The molecule has 30 heavy (non-hydrogen) atoms. The van der Waals surface area contributed by atoms with Crippen LogP contribution in [-0.4, -0.2) is 15.8 Å². The molecule has 0 saturated carbocycles. The Morgan fingerprint density at radius 3 is 2.60 bits per heavy atom. The third-order valence-corrected chi connectivity index (χ3v) is 5.05. The van der Waals surface area contributed by atoms with Crippen molar-refractivity contribution in [1.82, 2.24) is 4.98 Å². The number of hydrogen-bond acceptors (Lipinski definition) is 5. The molecule has 0 fully saturated rings. The number of non-ortho nitro benzene ring substituents is 1. The van der Waals surface area contributed by atoms with E-state index < -0.39 is 10.8 Å². The van der Waals surface area contributed by atoms with Gasteiger partial charge in [0.25, 0.3) is 11.6 Å². The minimum absolute atomic E-state index is 0.0386. The average Bonchev–Trinajstić information content (AvgIpc) is 3.12. The van der Waals surface area contributed by atoms with Crippen LogP contribution in [0.25, 0.3) is 22.6 Å². The summed E-state index contributed by atoms with van der Waals surface area (Å²) in [5, 5.41) is 13.8. The van der Waals surface area contributed by atoms with Crippen molar-refractivity contribution >= 4 is 51.6 Å². The van der Waals surface area contributed by atoms with Crippen molar-refractivity contribution < 1.29 is 14.1 Å². The number of nitro groups is 1. The number of oxazole rings is 1. The van der Waals surface area contributed by atoms with Crippen molar-refractivity contribution in [3.8, 4) is 11.5 Å². The first-order chi connectivity index (χ1) is 14.3. The van der Waals surface area contributed by atoms with Crippen LogP contribution in [0.5, 0.6) is 0 Å². The lowest BCUT2D eigenvalue weighted by molar-refractivity contribution is -0.384. The van der Waals surface area contributed by atoms with Crippen LogP contribution in [0.2, 0.25) is 10.0 Å². The van der Waals surface area contributed by atoms with Crippen molar-refractivity contribution in [1.29, 1.82) is 0 Å². The van der Waals surface area contributed by atoms with E-state index in [0.29, 0.717) is 27.7 Å². The molecule has 7 nitrogen and oxygen atoms in total. The lowest BCUT2D eigenvalue weighted by Gasteiger charge is -2.09. The van der Waals surface area contributed by atoms with Gasteiger partial charge in [-0.25, -0.2) is 4.98 Å². The lowest BCUT2D eigenvalue weighted by Crippen LogP contribution is -2.13. The summed E-state index contributed by atoms with van der Waals surface area (Å²) in [6, 6.07) is 14.3. The summed E-state index contributed by atoms with van der Waals surface area (Å²) in [5.74, 6) is -0.168. The van der Waals surface area contributed by atoms with Crippen LogP contribution in [0, 0.1) is 17.0 Å². The molecule has 3 aromatic carbocycles. The number of aromatic nitrogens is 1. The molecule has 4 aromatic rings. The topological polar surface area (TPSA) is 98.3 Å². The number of nitro benzene ring substituents is 1. The van der Waals surface area contributed by atoms with Gasteiger partial charge in [0, 0.05) is 17.7 Å². The predicted octanol–water partition coefficient (Wildman–Crippen LogP) is 6.27. The van der Waals surface area contributed by atoms with E-state index in [9.17, 15) is 14.9 Å². The Kier molecular flexibility index (Phi) is 5.15. The van der Waals surface area contributed by atoms with Crippen LogP contribution in [0.4, 0.5) is 11.4 Å². The fourth-order valence-electron chi connectivity index (χ4n) is 2.91. The van der Waals surface area contributed by atoms with Gasteiger partial charge >= 0.3 is 0 Å². The third kappa shape index (κ3) is 3.85. The molecule has 0 aliphatic rings. The minimum Gasteiger partial charge on any atom is -0.436 e. The number of amides is 1. The summed E-state index contributed by atoms with van der Waals surface area (Å²) in [6.07, 6.45) is 0. The van der Waals surface area contributed by atoms with E-state index in [4.69, 9.17) is 27.6 Å². The summed E-state index contributed by atoms with van der Waals surface area (Å²) in [6.45, 7) is 1.97. The Bertz CT molecular complexity index is 1320. The van der Waals surface area contributed by atoms with E-state index >= 15 is 0 Å². The molecular weight excluding hydrogens is 429 g/mol. The zero-order valence-corrected chi connectivity index (χ0v) is 17.0. The van der Waals surface area contributed by atoms with Gasteiger partial charge in [0.05, 0.1) is 26.2 Å². The molecule has 0 radical (unpaired) electrons. The number of hydrogen-bond donors (Lipinski definition) is 1. The molecule has 150 valence electrons. The molecule has 0 spiro atoms. The van der Waals surface area contributed by atoms with Gasteiger partial charge in [-0.2, -0.15) is 0 Å². The Morgan fingerprint density at radius 2 is 1.87 bits per heavy atom. The zero-order chi connectivity index (χ0) is 21.4. The van der Waals surface area contributed by atoms with Crippen molar-refractivity contribution in [2.45, 2.75) is 6.92 Å². The van der Waals surface area contributed by atoms with Crippen molar-refractivity contribution in [3.05, 3.63) is 85.9 Å². The normalized spacial score (nSPS) is 10.9. The molecule has 1 N–H and O–H groups in total. The lowest BCUT2D eigenvalue weighted by atomic mass is 10.1. The van der Waals surface area contributed by atoms with Crippen LogP contribution >= 0.6 is 23.2 Å². The Labute approximate surface area is 180 Å². The predicted molar refractivity (Wildman–Crippen MR) is 115 cm³/mol. The standard InChI is InChI=1S/C21H13Cl2N3O4/c1-11-2-7-19-18(8-11)25-21(30-19)12-3-6-15(22)17(9-12)24-20(27)14-5-4-13(26(28)29)10-16(14)23/h2-10H,1H3,(H,24,27). The first kappa shape index (κ1) is 19.9.